The highest BCUT2D eigenvalue weighted by molar-refractivity contribution is 4.95. The maximum atomic E-state index is 5.73. The molecule has 0 bridgehead atoms. The molecule has 3 heteroatoms. The third-order valence-electron chi connectivity index (χ3n) is 3.73. The van der Waals surface area contributed by atoms with E-state index in [1.165, 1.54) is 19.4 Å². The van der Waals surface area contributed by atoms with Crippen LogP contribution < -0.4 is 5.32 Å². The number of hydrogen-bond acceptors (Lipinski definition) is 3. The van der Waals surface area contributed by atoms with Crippen LogP contribution >= 0.6 is 0 Å². The van der Waals surface area contributed by atoms with Crippen molar-refractivity contribution in [2.75, 3.05) is 19.8 Å². The van der Waals surface area contributed by atoms with E-state index < -0.39 is 0 Å². The van der Waals surface area contributed by atoms with Crippen molar-refractivity contribution in [1.82, 2.24) is 5.32 Å². The van der Waals surface area contributed by atoms with Gasteiger partial charge in [0.25, 0.3) is 0 Å². The molecule has 1 spiro atoms. The summed E-state index contributed by atoms with van der Waals surface area (Å²) >= 11 is 0. The molecular formula is C10H17NO2. The molecular weight excluding hydrogens is 166 g/mol. The molecule has 1 N–H and O–H groups in total. The molecule has 3 nitrogen and oxygen atoms in total. The Balaban J connectivity index is 1.73. The molecule has 0 aromatic carbocycles. The summed E-state index contributed by atoms with van der Waals surface area (Å²) in [5, 5.41) is 3.55. The van der Waals surface area contributed by atoms with Crippen LogP contribution in [0.4, 0.5) is 0 Å². The Morgan fingerprint density at radius 2 is 2.00 bits per heavy atom. The quantitative estimate of drug-likeness (QED) is 0.605. The third kappa shape index (κ3) is 1.30. The van der Waals surface area contributed by atoms with Crippen molar-refractivity contribution < 1.29 is 9.47 Å². The lowest BCUT2D eigenvalue weighted by Crippen LogP contribution is -2.45. The normalized spacial score (nSPS) is 42.5. The average molecular weight is 183 g/mol. The summed E-state index contributed by atoms with van der Waals surface area (Å²) in [6.45, 7) is 2.76. The molecule has 3 aliphatic rings. The van der Waals surface area contributed by atoms with Crippen LogP contribution in [-0.4, -0.2) is 31.6 Å². The highest BCUT2D eigenvalue weighted by Gasteiger charge is 2.46. The van der Waals surface area contributed by atoms with Gasteiger partial charge in [0.1, 0.15) is 0 Å². The first kappa shape index (κ1) is 8.21. The summed E-state index contributed by atoms with van der Waals surface area (Å²) in [5.74, 6) is 0.692. The van der Waals surface area contributed by atoms with E-state index in [1.54, 1.807) is 0 Å². The van der Waals surface area contributed by atoms with E-state index in [0.717, 1.165) is 32.0 Å². The van der Waals surface area contributed by atoms with Crippen molar-refractivity contribution in [3.8, 4) is 0 Å². The highest BCUT2D eigenvalue weighted by atomic mass is 16.7. The molecule has 2 unspecified atom stereocenters. The largest absolute Gasteiger partial charge is 0.347 e. The van der Waals surface area contributed by atoms with Gasteiger partial charge in [0.05, 0.1) is 13.2 Å². The van der Waals surface area contributed by atoms with Crippen LogP contribution in [0.25, 0.3) is 0 Å². The second-order valence-electron chi connectivity index (χ2n) is 4.46. The standard InChI is InChI=1S/C10H17NO2/c1-3-10(12-5-6-13-10)7-9-8(1)2-4-11-9/h8-9,11H,1-7H2. The van der Waals surface area contributed by atoms with Crippen molar-refractivity contribution in [3.05, 3.63) is 0 Å². The Morgan fingerprint density at radius 1 is 1.15 bits per heavy atom. The number of hydrogen-bond donors (Lipinski definition) is 1. The highest BCUT2D eigenvalue weighted by Crippen LogP contribution is 2.41. The van der Waals surface area contributed by atoms with E-state index in [1.807, 2.05) is 0 Å². The van der Waals surface area contributed by atoms with Crippen LogP contribution in [0.2, 0.25) is 0 Å². The van der Waals surface area contributed by atoms with Gasteiger partial charge in [-0.25, -0.2) is 0 Å². The fourth-order valence-corrected chi connectivity index (χ4v) is 3.01. The van der Waals surface area contributed by atoms with E-state index in [0.29, 0.717) is 6.04 Å². The van der Waals surface area contributed by atoms with Gasteiger partial charge in [0.15, 0.2) is 5.79 Å². The predicted octanol–water partition coefficient (Wildman–Crippen LogP) is 0.891. The molecule has 2 aliphatic heterocycles. The number of fused-ring (bicyclic) bond motifs is 1. The van der Waals surface area contributed by atoms with Crippen molar-refractivity contribution in [2.45, 2.75) is 37.5 Å². The zero-order chi connectivity index (χ0) is 8.73. The second-order valence-corrected chi connectivity index (χ2v) is 4.46. The molecule has 0 aromatic heterocycles. The smallest absolute Gasteiger partial charge is 0.170 e. The fraction of sp³-hybridized carbons (Fsp3) is 1.00. The minimum Gasteiger partial charge on any atom is -0.347 e. The van der Waals surface area contributed by atoms with E-state index in [9.17, 15) is 0 Å². The van der Waals surface area contributed by atoms with E-state index in [-0.39, 0.29) is 5.79 Å². The Kier molecular flexibility index (Phi) is 1.86. The number of ether oxygens (including phenoxy) is 2. The van der Waals surface area contributed by atoms with Gasteiger partial charge in [-0.2, -0.15) is 0 Å². The Labute approximate surface area is 78.8 Å². The summed E-state index contributed by atoms with van der Waals surface area (Å²) in [6.07, 6.45) is 4.80. The van der Waals surface area contributed by atoms with Gasteiger partial charge in [-0.3, -0.25) is 0 Å². The maximum absolute atomic E-state index is 5.73. The van der Waals surface area contributed by atoms with Gasteiger partial charge in [0.2, 0.25) is 0 Å². The lowest BCUT2D eigenvalue weighted by molar-refractivity contribution is -0.185. The topological polar surface area (TPSA) is 30.5 Å². The Bertz CT molecular complexity index is 201. The average Bonchev–Trinajstić information content (AvgIpc) is 2.74. The molecule has 2 saturated heterocycles. The van der Waals surface area contributed by atoms with Crippen LogP contribution in [0.1, 0.15) is 25.7 Å². The molecule has 3 rings (SSSR count). The summed E-state index contributed by atoms with van der Waals surface area (Å²) < 4.78 is 11.5. The van der Waals surface area contributed by atoms with Crippen molar-refractivity contribution in [2.24, 2.45) is 5.92 Å². The summed E-state index contributed by atoms with van der Waals surface area (Å²) in [7, 11) is 0. The fourth-order valence-electron chi connectivity index (χ4n) is 3.01. The van der Waals surface area contributed by atoms with E-state index in [2.05, 4.69) is 5.32 Å². The van der Waals surface area contributed by atoms with Gasteiger partial charge in [0, 0.05) is 18.9 Å². The summed E-state index contributed by atoms with van der Waals surface area (Å²) in [5.41, 5.74) is 0. The Morgan fingerprint density at radius 3 is 2.85 bits per heavy atom. The maximum Gasteiger partial charge on any atom is 0.170 e. The van der Waals surface area contributed by atoms with E-state index in [4.69, 9.17) is 9.47 Å². The molecule has 1 saturated carbocycles. The molecule has 0 aromatic rings. The van der Waals surface area contributed by atoms with Crippen molar-refractivity contribution >= 4 is 0 Å². The number of rotatable bonds is 0. The second kappa shape index (κ2) is 2.94. The molecule has 1 aliphatic carbocycles. The Hall–Kier alpha value is -0.120. The minimum absolute atomic E-state index is 0.196. The van der Waals surface area contributed by atoms with Crippen molar-refractivity contribution in [1.29, 1.82) is 0 Å². The molecule has 74 valence electrons. The van der Waals surface area contributed by atoms with Gasteiger partial charge < -0.3 is 14.8 Å². The van der Waals surface area contributed by atoms with Crippen LogP contribution in [0.3, 0.4) is 0 Å². The third-order valence-corrected chi connectivity index (χ3v) is 3.73. The van der Waals surface area contributed by atoms with Gasteiger partial charge >= 0.3 is 0 Å². The SMILES string of the molecule is C1CC2CCC3(CC2N1)OCCO3. The molecule has 0 radical (unpaired) electrons. The summed E-state index contributed by atoms with van der Waals surface area (Å²) in [4.78, 5) is 0. The first-order valence-electron chi connectivity index (χ1n) is 5.39. The van der Waals surface area contributed by atoms with E-state index >= 15 is 0 Å². The number of nitrogens with one attached hydrogen (secondary N) is 1. The van der Waals surface area contributed by atoms with Gasteiger partial charge in [-0.1, -0.05) is 0 Å². The van der Waals surface area contributed by atoms with Gasteiger partial charge in [-0.05, 0) is 25.3 Å². The first-order chi connectivity index (χ1) is 6.38. The van der Waals surface area contributed by atoms with Gasteiger partial charge in [-0.15, -0.1) is 0 Å². The molecule has 0 amide bonds. The minimum atomic E-state index is -0.196. The lowest BCUT2D eigenvalue weighted by Gasteiger charge is -2.37. The summed E-state index contributed by atoms with van der Waals surface area (Å²) in [6, 6.07) is 0.659. The monoisotopic (exact) mass is 183 g/mol. The molecule has 2 atom stereocenters. The molecule has 3 fully saturated rings. The molecule has 13 heavy (non-hydrogen) atoms. The van der Waals surface area contributed by atoms with Crippen LogP contribution in [-0.2, 0) is 9.47 Å². The van der Waals surface area contributed by atoms with Crippen molar-refractivity contribution in [3.63, 3.8) is 0 Å². The zero-order valence-electron chi connectivity index (χ0n) is 7.92. The van der Waals surface area contributed by atoms with Crippen LogP contribution in [0, 0.1) is 5.92 Å². The lowest BCUT2D eigenvalue weighted by atomic mass is 9.82. The first-order valence-corrected chi connectivity index (χ1v) is 5.39. The zero-order valence-corrected chi connectivity index (χ0v) is 7.92. The predicted molar refractivity (Wildman–Crippen MR) is 48.4 cm³/mol. The van der Waals surface area contributed by atoms with Crippen LogP contribution in [0.15, 0.2) is 0 Å². The van der Waals surface area contributed by atoms with Crippen LogP contribution in [0.5, 0.6) is 0 Å². The molecule has 2 heterocycles.